The molecular formula is C18H36N2. The second-order valence-electron chi connectivity index (χ2n) is 8.51. The van der Waals surface area contributed by atoms with Crippen LogP contribution in [0.25, 0.3) is 0 Å². The van der Waals surface area contributed by atoms with E-state index < -0.39 is 0 Å². The van der Waals surface area contributed by atoms with Crippen LogP contribution in [-0.2, 0) is 0 Å². The average Bonchev–Trinajstić information content (AvgIpc) is 2.38. The molecule has 1 N–H and O–H groups in total. The molecule has 1 saturated carbocycles. The lowest BCUT2D eigenvalue weighted by atomic mass is 9.74. The molecule has 3 atom stereocenters. The third-order valence-electron chi connectivity index (χ3n) is 5.92. The fraction of sp³-hybridized carbons (Fsp3) is 1.00. The van der Waals surface area contributed by atoms with E-state index in [9.17, 15) is 0 Å². The van der Waals surface area contributed by atoms with Crippen LogP contribution >= 0.6 is 0 Å². The van der Waals surface area contributed by atoms with Crippen LogP contribution in [0.5, 0.6) is 0 Å². The molecule has 2 nitrogen and oxygen atoms in total. The van der Waals surface area contributed by atoms with Gasteiger partial charge in [0.15, 0.2) is 0 Å². The molecule has 1 aliphatic heterocycles. The second kappa shape index (κ2) is 6.79. The molecule has 1 heterocycles. The molecule has 0 aromatic carbocycles. The van der Waals surface area contributed by atoms with Gasteiger partial charge in [0.1, 0.15) is 0 Å². The first kappa shape index (κ1) is 16.3. The van der Waals surface area contributed by atoms with Crippen LogP contribution in [0.15, 0.2) is 0 Å². The first-order valence-electron chi connectivity index (χ1n) is 8.79. The Labute approximate surface area is 126 Å². The highest BCUT2D eigenvalue weighted by Gasteiger charge is 2.32. The van der Waals surface area contributed by atoms with Gasteiger partial charge in [0.05, 0.1) is 0 Å². The fourth-order valence-electron chi connectivity index (χ4n) is 4.39. The number of hydrogen-bond acceptors (Lipinski definition) is 2. The first-order chi connectivity index (χ1) is 9.40. The maximum atomic E-state index is 3.57. The highest BCUT2D eigenvalue weighted by atomic mass is 15.1. The van der Waals surface area contributed by atoms with Crippen molar-refractivity contribution < 1.29 is 0 Å². The highest BCUT2D eigenvalue weighted by molar-refractivity contribution is 4.87. The van der Waals surface area contributed by atoms with E-state index in [0.29, 0.717) is 5.41 Å². The second-order valence-corrected chi connectivity index (χ2v) is 8.51. The zero-order valence-electron chi connectivity index (χ0n) is 14.4. The summed E-state index contributed by atoms with van der Waals surface area (Å²) in [5.41, 5.74) is 0.499. The van der Waals surface area contributed by atoms with Gasteiger partial charge in [-0.05, 0) is 75.4 Å². The summed E-state index contributed by atoms with van der Waals surface area (Å²) in [6, 6.07) is 0.756. The summed E-state index contributed by atoms with van der Waals surface area (Å²) in [4.78, 5) is 2.75. The lowest BCUT2D eigenvalue weighted by Gasteiger charge is -2.42. The Kier molecular flexibility index (Phi) is 5.53. The van der Waals surface area contributed by atoms with Crippen LogP contribution in [0.1, 0.15) is 59.8 Å². The van der Waals surface area contributed by atoms with Gasteiger partial charge in [-0.15, -0.1) is 0 Å². The van der Waals surface area contributed by atoms with E-state index in [4.69, 9.17) is 0 Å². The van der Waals surface area contributed by atoms with Crippen LogP contribution in [0.3, 0.4) is 0 Å². The number of nitrogens with one attached hydrogen (secondary N) is 1. The van der Waals surface area contributed by atoms with Crippen molar-refractivity contribution in [2.75, 3.05) is 26.7 Å². The molecule has 2 fully saturated rings. The fourth-order valence-corrected chi connectivity index (χ4v) is 4.39. The summed E-state index contributed by atoms with van der Waals surface area (Å²) >= 11 is 0. The van der Waals surface area contributed by atoms with Gasteiger partial charge in [-0.25, -0.2) is 0 Å². The number of nitrogens with zero attached hydrogens (tertiary/aromatic N) is 1. The normalized spacial score (nSPS) is 34.4. The minimum atomic E-state index is 0.499. The van der Waals surface area contributed by atoms with E-state index in [1.54, 1.807) is 0 Å². The summed E-state index contributed by atoms with van der Waals surface area (Å²) in [5.74, 6) is 2.72. The van der Waals surface area contributed by atoms with Gasteiger partial charge in [0.25, 0.3) is 0 Å². The van der Waals surface area contributed by atoms with Crippen molar-refractivity contribution in [1.29, 1.82) is 0 Å². The van der Waals surface area contributed by atoms with E-state index in [-0.39, 0.29) is 0 Å². The largest absolute Gasteiger partial charge is 0.317 e. The monoisotopic (exact) mass is 280 g/mol. The van der Waals surface area contributed by atoms with Crippen molar-refractivity contribution in [1.82, 2.24) is 10.2 Å². The Bertz CT molecular complexity index is 286. The van der Waals surface area contributed by atoms with Crippen LogP contribution in [-0.4, -0.2) is 37.6 Å². The molecule has 2 rings (SSSR count). The van der Waals surface area contributed by atoms with E-state index in [2.05, 4.69) is 45.0 Å². The minimum Gasteiger partial charge on any atom is -0.317 e. The number of hydrogen-bond donors (Lipinski definition) is 1. The molecule has 0 aromatic rings. The van der Waals surface area contributed by atoms with E-state index in [1.165, 1.54) is 51.7 Å². The van der Waals surface area contributed by atoms with Crippen molar-refractivity contribution in [3.63, 3.8) is 0 Å². The zero-order valence-corrected chi connectivity index (χ0v) is 14.4. The van der Waals surface area contributed by atoms with Crippen LogP contribution in [0.2, 0.25) is 0 Å². The van der Waals surface area contributed by atoms with Crippen LogP contribution in [0.4, 0.5) is 0 Å². The molecule has 0 radical (unpaired) electrons. The van der Waals surface area contributed by atoms with Crippen molar-refractivity contribution in [2.45, 2.75) is 65.8 Å². The Morgan fingerprint density at radius 1 is 1.05 bits per heavy atom. The van der Waals surface area contributed by atoms with Gasteiger partial charge < -0.3 is 10.2 Å². The molecule has 0 amide bonds. The summed E-state index contributed by atoms with van der Waals surface area (Å²) in [7, 11) is 2.15. The lowest BCUT2D eigenvalue weighted by molar-refractivity contribution is 0.0818. The molecule has 20 heavy (non-hydrogen) atoms. The standard InChI is InChI=1S/C18H36N2/c1-14-6-7-17(19-5)15(12-14)13-20-10-8-16(9-11-20)18(2,3)4/h14-17,19H,6-13H2,1-5H3. The summed E-state index contributed by atoms with van der Waals surface area (Å²) in [6.45, 7) is 13.6. The number of rotatable bonds is 3. The third kappa shape index (κ3) is 4.21. The first-order valence-corrected chi connectivity index (χ1v) is 8.79. The smallest absolute Gasteiger partial charge is 0.0105 e. The van der Waals surface area contributed by atoms with Gasteiger partial charge in [0.2, 0.25) is 0 Å². The molecule has 0 spiro atoms. The summed E-state index contributed by atoms with van der Waals surface area (Å²) < 4.78 is 0. The van der Waals surface area contributed by atoms with Gasteiger partial charge in [-0.3, -0.25) is 0 Å². The topological polar surface area (TPSA) is 15.3 Å². The van der Waals surface area contributed by atoms with Crippen molar-refractivity contribution >= 4 is 0 Å². The Morgan fingerprint density at radius 3 is 2.25 bits per heavy atom. The Morgan fingerprint density at radius 2 is 1.70 bits per heavy atom. The van der Waals surface area contributed by atoms with Gasteiger partial charge in [-0.1, -0.05) is 27.7 Å². The average molecular weight is 280 g/mol. The van der Waals surface area contributed by atoms with Crippen LogP contribution in [0, 0.1) is 23.2 Å². The van der Waals surface area contributed by atoms with Crippen molar-refractivity contribution in [3.8, 4) is 0 Å². The quantitative estimate of drug-likeness (QED) is 0.846. The molecule has 2 heteroatoms. The predicted octanol–water partition coefficient (Wildman–Crippen LogP) is 3.77. The van der Waals surface area contributed by atoms with E-state index >= 15 is 0 Å². The van der Waals surface area contributed by atoms with Crippen molar-refractivity contribution in [2.24, 2.45) is 23.2 Å². The predicted molar refractivity (Wildman–Crippen MR) is 88.0 cm³/mol. The summed E-state index contributed by atoms with van der Waals surface area (Å²) in [5, 5.41) is 3.57. The van der Waals surface area contributed by atoms with Gasteiger partial charge in [-0.2, -0.15) is 0 Å². The van der Waals surface area contributed by atoms with E-state index in [0.717, 1.165) is 23.8 Å². The Balaban J connectivity index is 1.82. The minimum absolute atomic E-state index is 0.499. The Hall–Kier alpha value is -0.0800. The number of piperidine rings is 1. The summed E-state index contributed by atoms with van der Waals surface area (Å²) in [6.07, 6.45) is 7.01. The van der Waals surface area contributed by atoms with Gasteiger partial charge in [0, 0.05) is 12.6 Å². The molecule has 118 valence electrons. The lowest BCUT2D eigenvalue weighted by Crippen LogP contribution is -2.47. The van der Waals surface area contributed by atoms with Gasteiger partial charge >= 0.3 is 0 Å². The molecule has 0 aromatic heterocycles. The zero-order chi connectivity index (χ0) is 14.8. The van der Waals surface area contributed by atoms with Crippen molar-refractivity contribution in [3.05, 3.63) is 0 Å². The molecule has 2 aliphatic rings. The molecule has 1 saturated heterocycles. The molecule has 0 bridgehead atoms. The molecule has 1 aliphatic carbocycles. The highest BCUT2D eigenvalue weighted by Crippen LogP contribution is 2.35. The maximum absolute atomic E-state index is 3.57. The van der Waals surface area contributed by atoms with E-state index in [1.807, 2.05) is 0 Å². The molecule has 3 unspecified atom stereocenters. The molecular weight excluding hydrogens is 244 g/mol. The maximum Gasteiger partial charge on any atom is 0.0105 e. The number of likely N-dealkylation sites (tertiary alicyclic amines) is 1. The van der Waals surface area contributed by atoms with Crippen LogP contribution < -0.4 is 5.32 Å². The SMILES string of the molecule is CNC1CCC(C)CC1CN1CCC(C(C)(C)C)CC1. The third-order valence-corrected chi connectivity index (χ3v) is 5.92.